The molecule has 1 aliphatic heterocycles. The van der Waals surface area contributed by atoms with Crippen molar-refractivity contribution in [2.75, 3.05) is 33.9 Å². The molecule has 0 aliphatic carbocycles. The van der Waals surface area contributed by atoms with Crippen LogP contribution in [0.3, 0.4) is 0 Å². The Hall–Kier alpha value is -1.46. The van der Waals surface area contributed by atoms with Gasteiger partial charge in [-0.1, -0.05) is 6.07 Å². The summed E-state index contributed by atoms with van der Waals surface area (Å²) in [6.07, 6.45) is 2.76. The normalized spacial score (nSPS) is 22.3. The molecule has 0 amide bonds. The first-order valence-electron chi connectivity index (χ1n) is 7.13. The summed E-state index contributed by atoms with van der Waals surface area (Å²) < 4.78 is 24.0. The molecule has 0 aromatic heterocycles. The van der Waals surface area contributed by atoms with Crippen LogP contribution in [0.25, 0.3) is 0 Å². The molecule has 1 heterocycles. The van der Waals surface area contributed by atoms with Crippen LogP contribution in [-0.2, 0) is 16.1 Å². The third-order valence-corrected chi connectivity index (χ3v) is 3.86. The zero-order chi connectivity index (χ0) is 15.3. The summed E-state index contributed by atoms with van der Waals surface area (Å²) in [4.78, 5) is 13.5. The van der Waals surface area contributed by atoms with E-state index in [0.29, 0.717) is 19.7 Å². The van der Waals surface area contributed by atoms with E-state index < -0.39 is 5.41 Å². The van der Waals surface area contributed by atoms with E-state index in [1.165, 1.54) is 13.2 Å². The van der Waals surface area contributed by atoms with Crippen LogP contribution in [0.4, 0.5) is 4.39 Å². The van der Waals surface area contributed by atoms with Gasteiger partial charge in [0.05, 0.1) is 19.1 Å². The summed E-state index contributed by atoms with van der Waals surface area (Å²) in [7, 11) is 3.38. The maximum Gasteiger partial charge on any atom is 0.165 e. The van der Waals surface area contributed by atoms with Gasteiger partial charge in [0.25, 0.3) is 0 Å². The van der Waals surface area contributed by atoms with Crippen LogP contribution in [0.5, 0.6) is 5.75 Å². The SMILES string of the molecule is COc1ccc(CN(C)CC2(C=O)CCCOC2)cc1F. The van der Waals surface area contributed by atoms with Gasteiger partial charge >= 0.3 is 0 Å². The van der Waals surface area contributed by atoms with Gasteiger partial charge in [-0.3, -0.25) is 0 Å². The van der Waals surface area contributed by atoms with E-state index in [9.17, 15) is 9.18 Å². The Morgan fingerprint density at radius 1 is 1.52 bits per heavy atom. The predicted molar refractivity (Wildman–Crippen MR) is 77.8 cm³/mol. The molecule has 0 spiro atoms. The van der Waals surface area contributed by atoms with Gasteiger partial charge in [-0.05, 0) is 37.6 Å². The second-order valence-electron chi connectivity index (χ2n) is 5.78. The molecule has 21 heavy (non-hydrogen) atoms. The van der Waals surface area contributed by atoms with E-state index in [4.69, 9.17) is 9.47 Å². The van der Waals surface area contributed by atoms with Crippen molar-refractivity contribution in [3.63, 3.8) is 0 Å². The lowest BCUT2D eigenvalue weighted by Crippen LogP contribution is -2.42. The van der Waals surface area contributed by atoms with E-state index >= 15 is 0 Å². The lowest BCUT2D eigenvalue weighted by Gasteiger charge is -2.35. The highest BCUT2D eigenvalue weighted by Gasteiger charge is 2.33. The van der Waals surface area contributed by atoms with Crippen molar-refractivity contribution in [2.24, 2.45) is 5.41 Å². The number of halogens is 1. The van der Waals surface area contributed by atoms with Crippen LogP contribution < -0.4 is 4.74 Å². The Kier molecular flexibility index (Phi) is 5.31. The van der Waals surface area contributed by atoms with Crippen molar-refractivity contribution in [3.8, 4) is 5.75 Å². The average molecular weight is 295 g/mol. The van der Waals surface area contributed by atoms with E-state index in [1.807, 2.05) is 18.0 Å². The van der Waals surface area contributed by atoms with Gasteiger partial charge in [-0.15, -0.1) is 0 Å². The van der Waals surface area contributed by atoms with E-state index in [-0.39, 0.29) is 11.6 Å². The number of carbonyl (C=O) groups is 1. The number of hydrogen-bond donors (Lipinski definition) is 0. The first-order chi connectivity index (χ1) is 10.1. The van der Waals surface area contributed by atoms with Gasteiger partial charge in [0.15, 0.2) is 11.6 Å². The smallest absolute Gasteiger partial charge is 0.165 e. The maximum atomic E-state index is 13.7. The molecule has 0 N–H and O–H groups in total. The van der Waals surface area contributed by atoms with Gasteiger partial charge in [0.2, 0.25) is 0 Å². The van der Waals surface area contributed by atoms with Crippen molar-refractivity contribution in [3.05, 3.63) is 29.6 Å². The third kappa shape index (κ3) is 4.02. The Morgan fingerprint density at radius 2 is 2.33 bits per heavy atom. The minimum absolute atomic E-state index is 0.242. The van der Waals surface area contributed by atoms with E-state index in [1.54, 1.807) is 6.07 Å². The second kappa shape index (κ2) is 7.00. The Bertz CT molecular complexity index is 486. The van der Waals surface area contributed by atoms with Crippen LogP contribution in [-0.4, -0.2) is 45.1 Å². The number of aldehydes is 1. The van der Waals surface area contributed by atoms with Crippen LogP contribution >= 0.6 is 0 Å². The number of rotatable bonds is 6. The highest BCUT2D eigenvalue weighted by Crippen LogP contribution is 2.28. The molecule has 1 unspecified atom stereocenters. The van der Waals surface area contributed by atoms with Crippen LogP contribution in [0.2, 0.25) is 0 Å². The summed E-state index contributed by atoms with van der Waals surface area (Å²) in [6, 6.07) is 4.93. The predicted octanol–water partition coefficient (Wildman–Crippen LogP) is 2.26. The van der Waals surface area contributed by atoms with E-state index in [2.05, 4.69) is 0 Å². The Morgan fingerprint density at radius 3 is 2.90 bits per heavy atom. The molecule has 0 bridgehead atoms. The molecule has 5 heteroatoms. The molecule has 1 saturated heterocycles. The molecule has 4 nitrogen and oxygen atoms in total. The highest BCUT2D eigenvalue weighted by atomic mass is 19.1. The van der Waals surface area contributed by atoms with Gasteiger partial charge in [-0.25, -0.2) is 4.39 Å². The monoisotopic (exact) mass is 295 g/mol. The largest absolute Gasteiger partial charge is 0.494 e. The van der Waals surface area contributed by atoms with E-state index in [0.717, 1.165) is 31.3 Å². The first-order valence-corrected chi connectivity index (χ1v) is 7.13. The molecule has 116 valence electrons. The fraction of sp³-hybridized carbons (Fsp3) is 0.562. The van der Waals surface area contributed by atoms with Gasteiger partial charge in [-0.2, -0.15) is 0 Å². The topological polar surface area (TPSA) is 38.8 Å². The maximum absolute atomic E-state index is 13.7. The van der Waals surface area contributed by atoms with Crippen LogP contribution in [0.15, 0.2) is 18.2 Å². The van der Waals surface area contributed by atoms with Crippen LogP contribution in [0, 0.1) is 11.2 Å². The molecule has 0 radical (unpaired) electrons. The fourth-order valence-electron chi connectivity index (χ4n) is 2.84. The molecule has 1 atom stereocenters. The molecule has 1 fully saturated rings. The number of benzene rings is 1. The third-order valence-electron chi connectivity index (χ3n) is 3.86. The molecular formula is C16H22FNO3. The van der Waals surface area contributed by atoms with Gasteiger partial charge < -0.3 is 19.2 Å². The molecular weight excluding hydrogens is 273 g/mol. The minimum atomic E-state index is -0.433. The second-order valence-corrected chi connectivity index (χ2v) is 5.78. The highest BCUT2D eigenvalue weighted by molar-refractivity contribution is 5.60. The number of carbonyl (C=O) groups excluding carboxylic acids is 1. The summed E-state index contributed by atoms with van der Waals surface area (Å²) in [5.74, 6) is -0.124. The van der Waals surface area contributed by atoms with Gasteiger partial charge in [0, 0.05) is 19.7 Å². The van der Waals surface area contributed by atoms with Crippen molar-refractivity contribution in [1.82, 2.24) is 4.90 Å². The number of hydrogen-bond acceptors (Lipinski definition) is 4. The van der Waals surface area contributed by atoms with Crippen molar-refractivity contribution in [2.45, 2.75) is 19.4 Å². The summed E-state index contributed by atoms with van der Waals surface area (Å²) >= 11 is 0. The summed E-state index contributed by atoms with van der Waals surface area (Å²) in [5.41, 5.74) is 0.423. The molecule has 1 aromatic carbocycles. The standard InChI is InChI=1S/C16H22FNO3/c1-18(10-16(11-19)6-3-7-21-12-16)9-13-4-5-15(20-2)14(17)8-13/h4-5,8,11H,3,6-7,9-10,12H2,1-2H3. The number of ether oxygens (including phenoxy) is 2. The Labute approximate surface area is 124 Å². The lowest BCUT2D eigenvalue weighted by molar-refractivity contribution is -0.125. The fourth-order valence-corrected chi connectivity index (χ4v) is 2.84. The lowest BCUT2D eigenvalue weighted by atomic mass is 9.83. The molecule has 1 aromatic rings. The molecule has 1 aliphatic rings. The van der Waals surface area contributed by atoms with Crippen molar-refractivity contribution >= 4 is 6.29 Å². The summed E-state index contributed by atoms with van der Waals surface area (Å²) in [5, 5.41) is 0. The minimum Gasteiger partial charge on any atom is -0.494 e. The number of methoxy groups -OCH3 is 1. The zero-order valence-corrected chi connectivity index (χ0v) is 12.6. The quantitative estimate of drug-likeness (QED) is 0.755. The average Bonchev–Trinajstić information content (AvgIpc) is 2.48. The zero-order valence-electron chi connectivity index (χ0n) is 12.6. The number of nitrogens with zero attached hydrogens (tertiary/aromatic N) is 1. The molecule has 2 rings (SSSR count). The molecule has 0 saturated carbocycles. The Balaban J connectivity index is 1.99. The first kappa shape index (κ1) is 15.9. The summed E-state index contributed by atoms with van der Waals surface area (Å²) in [6.45, 7) is 2.39. The van der Waals surface area contributed by atoms with Crippen molar-refractivity contribution < 1.29 is 18.7 Å². The van der Waals surface area contributed by atoms with Crippen LogP contribution in [0.1, 0.15) is 18.4 Å². The van der Waals surface area contributed by atoms with Gasteiger partial charge in [0.1, 0.15) is 6.29 Å². The van der Waals surface area contributed by atoms with Crippen molar-refractivity contribution in [1.29, 1.82) is 0 Å².